The van der Waals surface area contributed by atoms with Crippen molar-refractivity contribution in [2.24, 2.45) is 0 Å². The normalized spacial score (nSPS) is 10.4. The molecular weight excluding hydrogens is 287 g/mol. The van der Waals surface area contributed by atoms with Gasteiger partial charge in [0.05, 0.1) is 10.5 Å². The van der Waals surface area contributed by atoms with Crippen molar-refractivity contribution in [3.63, 3.8) is 0 Å². The maximum absolute atomic E-state index is 13.5. The average Bonchev–Trinajstić information content (AvgIpc) is 2.45. The summed E-state index contributed by atoms with van der Waals surface area (Å²) in [5.74, 6) is -5.63. The molecule has 21 heavy (non-hydrogen) atoms. The molecule has 2 rings (SSSR count). The van der Waals surface area contributed by atoms with Gasteiger partial charge in [0.15, 0.2) is 23.2 Å². The van der Waals surface area contributed by atoms with E-state index in [0.717, 1.165) is 6.07 Å². The molecule has 0 aliphatic carbocycles. The molecule has 0 heterocycles. The Morgan fingerprint density at radius 3 is 2.38 bits per heavy atom. The maximum Gasteiger partial charge on any atom is 0.273 e. The van der Waals surface area contributed by atoms with Crippen LogP contribution in [0.2, 0.25) is 0 Å². The van der Waals surface area contributed by atoms with Crippen molar-refractivity contribution >= 4 is 11.5 Å². The second kappa shape index (κ2) is 5.74. The molecule has 0 aliphatic heterocycles. The van der Waals surface area contributed by atoms with Gasteiger partial charge in [0, 0.05) is 18.1 Å². The van der Waals surface area contributed by atoms with E-state index in [2.05, 4.69) is 0 Å². The van der Waals surface area contributed by atoms with E-state index in [1.165, 1.54) is 24.3 Å². The number of hydrogen-bond donors (Lipinski definition) is 0. The van der Waals surface area contributed by atoms with Crippen LogP contribution < -0.4 is 0 Å². The predicted molar refractivity (Wildman–Crippen MR) is 67.4 cm³/mol. The molecule has 0 radical (unpaired) electrons. The third-order valence-electron chi connectivity index (χ3n) is 2.87. The van der Waals surface area contributed by atoms with Crippen LogP contribution in [0.15, 0.2) is 36.4 Å². The molecule has 0 saturated heterocycles. The number of para-hydroxylation sites is 1. The Morgan fingerprint density at radius 2 is 1.71 bits per heavy atom. The van der Waals surface area contributed by atoms with Crippen LogP contribution in [-0.2, 0) is 6.42 Å². The van der Waals surface area contributed by atoms with Crippen LogP contribution in [0.1, 0.15) is 15.9 Å². The Bertz CT molecular complexity index is 731. The molecule has 108 valence electrons. The number of carbonyl (C=O) groups excluding carboxylic acids is 1. The van der Waals surface area contributed by atoms with Crippen LogP contribution in [0.5, 0.6) is 0 Å². The summed E-state index contributed by atoms with van der Waals surface area (Å²) in [4.78, 5) is 22.1. The number of carbonyl (C=O) groups is 1. The van der Waals surface area contributed by atoms with Gasteiger partial charge in [-0.1, -0.05) is 18.2 Å². The molecule has 0 unspecified atom stereocenters. The lowest BCUT2D eigenvalue weighted by Gasteiger charge is -2.05. The summed E-state index contributed by atoms with van der Waals surface area (Å²) < 4.78 is 39.4. The Morgan fingerprint density at radius 1 is 1.05 bits per heavy atom. The minimum Gasteiger partial charge on any atom is -0.294 e. The number of Topliss-reactive ketones (excluding diaryl/α,β-unsaturated/α-hetero) is 1. The SMILES string of the molecule is O=C(Cc1ccccc1[N+](=O)[O-])c1ccc(F)c(F)c1F. The van der Waals surface area contributed by atoms with Gasteiger partial charge in [-0.3, -0.25) is 14.9 Å². The zero-order valence-corrected chi connectivity index (χ0v) is 10.5. The zero-order chi connectivity index (χ0) is 15.6. The summed E-state index contributed by atoms with van der Waals surface area (Å²) in [7, 11) is 0. The van der Waals surface area contributed by atoms with E-state index in [1.54, 1.807) is 0 Å². The lowest BCUT2D eigenvalue weighted by Crippen LogP contribution is -2.10. The van der Waals surface area contributed by atoms with Gasteiger partial charge in [-0.2, -0.15) is 0 Å². The summed E-state index contributed by atoms with van der Waals surface area (Å²) in [6.07, 6.45) is -0.487. The first-order valence-corrected chi connectivity index (χ1v) is 5.80. The Labute approximate surface area is 117 Å². The smallest absolute Gasteiger partial charge is 0.273 e. The molecule has 0 amide bonds. The maximum atomic E-state index is 13.5. The van der Waals surface area contributed by atoms with Gasteiger partial charge in [0.2, 0.25) is 0 Å². The Hall–Kier alpha value is -2.70. The largest absolute Gasteiger partial charge is 0.294 e. The quantitative estimate of drug-likeness (QED) is 0.376. The molecule has 0 fully saturated rings. The topological polar surface area (TPSA) is 60.2 Å². The average molecular weight is 295 g/mol. The molecule has 2 aromatic carbocycles. The van der Waals surface area contributed by atoms with E-state index in [0.29, 0.717) is 6.07 Å². The van der Waals surface area contributed by atoms with E-state index >= 15 is 0 Å². The number of ketones is 1. The molecule has 0 N–H and O–H groups in total. The number of nitro benzene ring substituents is 1. The second-order valence-electron chi connectivity index (χ2n) is 4.21. The molecule has 7 heteroatoms. The minimum absolute atomic E-state index is 0.0663. The van der Waals surface area contributed by atoms with Gasteiger partial charge in [-0.15, -0.1) is 0 Å². The highest BCUT2D eigenvalue weighted by Crippen LogP contribution is 2.22. The monoisotopic (exact) mass is 295 g/mol. The van der Waals surface area contributed by atoms with Crippen LogP contribution in [0.25, 0.3) is 0 Å². The number of halogens is 3. The molecule has 2 aromatic rings. The number of benzene rings is 2. The lowest BCUT2D eigenvalue weighted by molar-refractivity contribution is -0.385. The van der Waals surface area contributed by atoms with Gasteiger partial charge in [-0.25, -0.2) is 13.2 Å². The molecule has 0 saturated carbocycles. The third kappa shape index (κ3) is 2.91. The van der Waals surface area contributed by atoms with Crippen molar-refractivity contribution < 1.29 is 22.9 Å². The molecule has 0 bridgehead atoms. The Balaban J connectivity index is 2.36. The first kappa shape index (κ1) is 14.7. The summed E-state index contributed by atoms with van der Waals surface area (Å²) in [6, 6.07) is 6.88. The summed E-state index contributed by atoms with van der Waals surface area (Å²) in [5, 5.41) is 10.8. The molecule has 0 spiro atoms. The van der Waals surface area contributed by atoms with Crippen molar-refractivity contribution in [2.75, 3.05) is 0 Å². The summed E-state index contributed by atoms with van der Waals surface area (Å²) in [5.41, 5.74) is -0.877. The molecule has 0 aliphatic rings. The highest BCUT2D eigenvalue weighted by atomic mass is 19.2. The van der Waals surface area contributed by atoms with Crippen LogP contribution in [0, 0.1) is 27.6 Å². The highest BCUT2D eigenvalue weighted by Gasteiger charge is 2.21. The van der Waals surface area contributed by atoms with Gasteiger partial charge in [0.1, 0.15) is 0 Å². The van der Waals surface area contributed by atoms with E-state index in [4.69, 9.17) is 0 Å². The van der Waals surface area contributed by atoms with Gasteiger partial charge in [-0.05, 0) is 12.1 Å². The summed E-state index contributed by atoms with van der Waals surface area (Å²) >= 11 is 0. The molecule has 0 aromatic heterocycles. The number of rotatable bonds is 4. The van der Waals surface area contributed by atoms with Crippen molar-refractivity contribution in [3.05, 3.63) is 75.1 Å². The second-order valence-corrected chi connectivity index (χ2v) is 4.21. The van der Waals surface area contributed by atoms with E-state index in [1.807, 2.05) is 0 Å². The Kier molecular flexibility index (Phi) is 4.02. The van der Waals surface area contributed by atoms with Crippen molar-refractivity contribution in [1.82, 2.24) is 0 Å². The van der Waals surface area contributed by atoms with Crippen molar-refractivity contribution in [3.8, 4) is 0 Å². The van der Waals surface area contributed by atoms with Crippen LogP contribution in [-0.4, -0.2) is 10.7 Å². The minimum atomic E-state index is -1.75. The van der Waals surface area contributed by atoms with Gasteiger partial charge < -0.3 is 0 Å². The number of nitro groups is 1. The third-order valence-corrected chi connectivity index (χ3v) is 2.87. The van der Waals surface area contributed by atoms with Gasteiger partial charge >= 0.3 is 0 Å². The molecule has 4 nitrogen and oxygen atoms in total. The van der Waals surface area contributed by atoms with Crippen LogP contribution >= 0.6 is 0 Å². The molecular formula is C14H8F3NO3. The fourth-order valence-corrected chi connectivity index (χ4v) is 1.85. The van der Waals surface area contributed by atoms with E-state index < -0.39 is 40.1 Å². The zero-order valence-electron chi connectivity index (χ0n) is 10.5. The standard InChI is InChI=1S/C14H8F3NO3/c15-10-6-5-9(13(16)14(10)17)12(19)7-8-3-1-2-4-11(8)18(20)21/h1-6H,7H2. The first-order valence-electron chi connectivity index (χ1n) is 5.80. The number of nitrogens with zero attached hydrogens (tertiary/aromatic N) is 1. The number of hydrogen-bond acceptors (Lipinski definition) is 3. The fourth-order valence-electron chi connectivity index (χ4n) is 1.85. The van der Waals surface area contributed by atoms with Crippen molar-refractivity contribution in [2.45, 2.75) is 6.42 Å². The van der Waals surface area contributed by atoms with Crippen LogP contribution in [0.3, 0.4) is 0 Å². The molecule has 0 atom stereocenters. The van der Waals surface area contributed by atoms with E-state index in [-0.39, 0.29) is 11.3 Å². The van der Waals surface area contributed by atoms with Crippen LogP contribution in [0.4, 0.5) is 18.9 Å². The first-order chi connectivity index (χ1) is 9.91. The predicted octanol–water partition coefficient (Wildman–Crippen LogP) is 3.44. The lowest BCUT2D eigenvalue weighted by atomic mass is 10.0. The highest BCUT2D eigenvalue weighted by molar-refractivity contribution is 5.98. The fraction of sp³-hybridized carbons (Fsp3) is 0.0714. The van der Waals surface area contributed by atoms with E-state index in [9.17, 15) is 28.1 Å². The van der Waals surface area contributed by atoms with Gasteiger partial charge in [0.25, 0.3) is 5.69 Å². The summed E-state index contributed by atoms with van der Waals surface area (Å²) in [6.45, 7) is 0. The van der Waals surface area contributed by atoms with Crippen molar-refractivity contribution in [1.29, 1.82) is 0 Å².